The van der Waals surface area contributed by atoms with Gasteiger partial charge in [-0.15, -0.1) is 22.7 Å². The van der Waals surface area contributed by atoms with Gasteiger partial charge in [0.15, 0.2) is 0 Å². The molecule has 0 radical (unpaired) electrons. The fourth-order valence-electron chi connectivity index (χ4n) is 4.74. The average Bonchev–Trinajstić information content (AvgIpc) is 3.60. The Labute approximate surface area is 196 Å². The molecule has 32 heavy (non-hydrogen) atoms. The van der Waals surface area contributed by atoms with Crippen molar-refractivity contribution in [2.45, 2.75) is 25.3 Å². The van der Waals surface area contributed by atoms with Crippen LogP contribution in [-0.2, 0) is 14.3 Å². The predicted octanol–water partition coefficient (Wildman–Crippen LogP) is 3.06. The molecule has 7 nitrogen and oxygen atoms in total. The van der Waals surface area contributed by atoms with Crippen LogP contribution in [0.1, 0.15) is 35.1 Å². The summed E-state index contributed by atoms with van der Waals surface area (Å²) in [5.41, 5.74) is 0.978. The molecular formula is C23H28N4O3S2. The number of morpholine rings is 1. The zero-order valence-electron chi connectivity index (χ0n) is 18.0. The molecule has 0 saturated carbocycles. The molecule has 9 heteroatoms. The summed E-state index contributed by atoms with van der Waals surface area (Å²) in [6, 6.07) is 8.15. The van der Waals surface area contributed by atoms with Crippen molar-refractivity contribution in [3.63, 3.8) is 0 Å². The molecule has 170 valence electrons. The van der Waals surface area contributed by atoms with Crippen molar-refractivity contribution in [1.82, 2.24) is 14.8 Å². The van der Waals surface area contributed by atoms with E-state index in [9.17, 15) is 9.59 Å². The number of piperidine rings is 1. The monoisotopic (exact) mass is 472 g/mol. The summed E-state index contributed by atoms with van der Waals surface area (Å²) in [4.78, 5) is 32.7. The quantitative estimate of drug-likeness (QED) is 0.671. The van der Waals surface area contributed by atoms with Crippen LogP contribution in [-0.4, -0.2) is 78.3 Å². The van der Waals surface area contributed by atoms with Gasteiger partial charge in [0.05, 0.1) is 42.3 Å². The van der Waals surface area contributed by atoms with Gasteiger partial charge in [0.2, 0.25) is 5.91 Å². The van der Waals surface area contributed by atoms with E-state index in [0.29, 0.717) is 39.4 Å². The normalized spacial score (nSPS) is 24.6. The number of carbonyl (C=O) groups is 2. The summed E-state index contributed by atoms with van der Waals surface area (Å²) in [6.45, 7) is 4.36. The highest BCUT2D eigenvalue weighted by atomic mass is 32.1. The maximum absolute atomic E-state index is 13.4. The van der Waals surface area contributed by atoms with E-state index in [2.05, 4.69) is 17.0 Å². The van der Waals surface area contributed by atoms with Crippen LogP contribution >= 0.6 is 22.7 Å². The van der Waals surface area contributed by atoms with Crippen LogP contribution in [0.2, 0.25) is 0 Å². The van der Waals surface area contributed by atoms with Crippen molar-refractivity contribution in [3.05, 3.63) is 44.8 Å². The molecule has 2 saturated heterocycles. The van der Waals surface area contributed by atoms with Crippen LogP contribution in [0.5, 0.6) is 0 Å². The van der Waals surface area contributed by atoms with Crippen molar-refractivity contribution in [2.24, 2.45) is 11.0 Å². The summed E-state index contributed by atoms with van der Waals surface area (Å²) in [5, 5.41) is 10.5. The van der Waals surface area contributed by atoms with E-state index in [4.69, 9.17) is 9.84 Å². The molecule has 3 aliphatic heterocycles. The molecule has 5 heterocycles. The minimum absolute atomic E-state index is 0.00873. The van der Waals surface area contributed by atoms with Crippen molar-refractivity contribution < 1.29 is 14.3 Å². The number of ether oxygens (including phenoxy) is 1. The third kappa shape index (κ3) is 4.66. The number of thiophene rings is 2. The first-order chi connectivity index (χ1) is 15.7. The van der Waals surface area contributed by atoms with Gasteiger partial charge in [0.25, 0.3) is 5.91 Å². The lowest BCUT2D eigenvalue weighted by Gasteiger charge is -2.36. The molecule has 2 aromatic rings. The molecule has 2 fully saturated rings. The molecule has 0 aliphatic carbocycles. The average molecular weight is 473 g/mol. The van der Waals surface area contributed by atoms with Crippen LogP contribution in [0.15, 0.2) is 40.1 Å². The number of rotatable bonds is 5. The lowest BCUT2D eigenvalue weighted by atomic mass is 9.96. The van der Waals surface area contributed by atoms with Crippen LogP contribution in [0, 0.1) is 5.92 Å². The van der Waals surface area contributed by atoms with Gasteiger partial charge in [-0.2, -0.15) is 5.10 Å². The number of hydrogen-bond acceptors (Lipinski definition) is 7. The first-order valence-corrected chi connectivity index (χ1v) is 13.0. The Bertz CT molecular complexity index is 954. The second-order valence-electron chi connectivity index (χ2n) is 8.51. The smallest absolute Gasteiger partial charge is 0.257 e. The highest BCUT2D eigenvalue weighted by Gasteiger charge is 2.36. The second kappa shape index (κ2) is 9.82. The van der Waals surface area contributed by atoms with Crippen molar-refractivity contribution >= 4 is 40.2 Å². The summed E-state index contributed by atoms with van der Waals surface area (Å²) in [7, 11) is 0. The van der Waals surface area contributed by atoms with E-state index in [1.54, 1.807) is 27.7 Å². The minimum Gasteiger partial charge on any atom is -0.378 e. The van der Waals surface area contributed by atoms with Gasteiger partial charge < -0.3 is 9.64 Å². The zero-order chi connectivity index (χ0) is 21.9. The van der Waals surface area contributed by atoms with E-state index in [1.807, 2.05) is 27.8 Å². The lowest BCUT2D eigenvalue weighted by molar-refractivity contribution is -0.143. The first kappa shape index (κ1) is 21.8. The number of amides is 2. The molecule has 2 atom stereocenters. The third-order valence-corrected chi connectivity index (χ3v) is 8.27. The molecule has 2 amide bonds. The zero-order valence-corrected chi connectivity index (χ0v) is 19.7. The van der Waals surface area contributed by atoms with E-state index < -0.39 is 0 Å². The van der Waals surface area contributed by atoms with Gasteiger partial charge >= 0.3 is 0 Å². The second-order valence-corrected chi connectivity index (χ2v) is 10.4. The van der Waals surface area contributed by atoms with Gasteiger partial charge in [-0.25, -0.2) is 5.01 Å². The number of likely N-dealkylation sites (tertiary alicyclic amines) is 1. The summed E-state index contributed by atoms with van der Waals surface area (Å²) in [5.74, 6) is 0.182. The van der Waals surface area contributed by atoms with Crippen LogP contribution in [0.3, 0.4) is 0 Å². The van der Waals surface area contributed by atoms with Gasteiger partial charge in [-0.3, -0.25) is 14.5 Å². The number of nitrogens with zero attached hydrogens (tertiary/aromatic N) is 4. The summed E-state index contributed by atoms with van der Waals surface area (Å²) < 4.78 is 5.38. The van der Waals surface area contributed by atoms with Crippen LogP contribution in [0.4, 0.5) is 0 Å². The Morgan fingerprint density at radius 2 is 1.91 bits per heavy atom. The first-order valence-electron chi connectivity index (χ1n) is 11.2. The largest absolute Gasteiger partial charge is 0.378 e. The molecule has 2 aromatic heterocycles. The minimum atomic E-state index is -0.0461. The molecule has 0 aromatic carbocycles. The molecule has 0 N–H and O–H groups in total. The van der Waals surface area contributed by atoms with Gasteiger partial charge in [0, 0.05) is 30.9 Å². The van der Waals surface area contributed by atoms with Crippen LogP contribution in [0.25, 0.3) is 0 Å². The Morgan fingerprint density at radius 1 is 1.09 bits per heavy atom. The third-order valence-electron chi connectivity index (χ3n) is 6.38. The summed E-state index contributed by atoms with van der Waals surface area (Å²) >= 11 is 3.33. The maximum atomic E-state index is 13.4. The van der Waals surface area contributed by atoms with Crippen molar-refractivity contribution in [3.8, 4) is 0 Å². The molecule has 3 aliphatic rings. The van der Waals surface area contributed by atoms with Crippen LogP contribution < -0.4 is 0 Å². The lowest BCUT2D eigenvalue weighted by Crippen LogP contribution is -2.50. The fourth-order valence-corrected chi connectivity index (χ4v) is 6.27. The molecule has 2 unspecified atom stereocenters. The van der Waals surface area contributed by atoms with Gasteiger partial charge in [0.1, 0.15) is 0 Å². The standard InChI is InChI=1S/C23H28N4O3S2/c28-22(16-25-7-1-4-17(15-25)23(29)26-8-10-30-11-9-26)27-19(21-6-3-13-32-21)14-18(24-27)20-5-2-12-31-20/h2-3,5-6,12-13,17,19H,1,4,7-11,14-16H2. The number of hydrogen-bond donors (Lipinski definition) is 0. The predicted molar refractivity (Wildman–Crippen MR) is 126 cm³/mol. The Hall–Kier alpha value is -2.07. The van der Waals surface area contributed by atoms with E-state index >= 15 is 0 Å². The highest BCUT2D eigenvalue weighted by molar-refractivity contribution is 7.12. The summed E-state index contributed by atoms with van der Waals surface area (Å²) in [6.07, 6.45) is 2.57. The Kier molecular flexibility index (Phi) is 6.68. The molecule has 5 rings (SSSR count). The Morgan fingerprint density at radius 3 is 2.66 bits per heavy atom. The fraction of sp³-hybridized carbons (Fsp3) is 0.522. The SMILES string of the molecule is O=C(C1CCCN(CC(=O)N2N=C(c3cccs3)CC2c2cccs2)C1)N1CCOCC1. The molecular weight excluding hydrogens is 444 g/mol. The maximum Gasteiger partial charge on any atom is 0.257 e. The van der Waals surface area contributed by atoms with E-state index in [-0.39, 0.29) is 23.8 Å². The molecule has 0 bridgehead atoms. The van der Waals surface area contributed by atoms with E-state index in [1.165, 1.54) is 0 Å². The number of hydrazone groups is 1. The molecule has 0 spiro atoms. The number of carbonyl (C=O) groups excluding carboxylic acids is 2. The topological polar surface area (TPSA) is 65.5 Å². The van der Waals surface area contributed by atoms with Crippen molar-refractivity contribution in [2.75, 3.05) is 45.9 Å². The van der Waals surface area contributed by atoms with Crippen molar-refractivity contribution in [1.29, 1.82) is 0 Å². The van der Waals surface area contributed by atoms with E-state index in [0.717, 1.165) is 41.3 Å². The van der Waals surface area contributed by atoms with Gasteiger partial charge in [-0.05, 0) is 42.3 Å². The van der Waals surface area contributed by atoms with Gasteiger partial charge in [-0.1, -0.05) is 12.1 Å². The Balaban J connectivity index is 1.26. The highest BCUT2D eigenvalue weighted by Crippen LogP contribution is 2.36.